The summed E-state index contributed by atoms with van der Waals surface area (Å²) in [6.07, 6.45) is 4.86. The molecule has 0 N–H and O–H groups in total. The third-order valence-electron chi connectivity index (χ3n) is 12.3. The quantitative estimate of drug-likeness (QED) is 0.142. The summed E-state index contributed by atoms with van der Waals surface area (Å²) in [5.74, 6) is 1.23. The summed E-state index contributed by atoms with van der Waals surface area (Å²) < 4.78 is 0. The topological polar surface area (TPSA) is 0 Å². The molecule has 0 aliphatic heterocycles. The standard InChI is InChI=1S/C53H48/c1-35(13-15-37-16-32-49-48-11-7-8-12-51(48)53(3,4)52(49)33-37)38-18-20-39(21-19-38)40-22-24-41(25-23-40)42-26-28-43(29-27-42)45-17-14-36(2)50(34-45)47-10-6-5-9-46(47)44-30-31-44/h5-12,14,16-29,32-35,44H,13,15,30-31H2,1-4H3. The van der Waals surface area contributed by atoms with Gasteiger partial charge in [0.05, 0.1) is 0 Å². The summed E-state index contributed by atoms with van der Waals surface area (Å²) in [5, 5.41) is 0. The first kappa shape index (κ1) is 33.4. The summed E-state index contributed by atoms with van der Waals surface area (Å²) in [6, 6.07) is 59.4. The molecule has 0 bridgehead atoms. The molecule has 1 fully saturated rings. The molecule has 1 saturated carbocycles. The van der Waals surface area contributed by atoms with E-state index >= 15 is 0 Å². The van der Waals surface area contributed by atoms with Gasteiger partial charge in [-0.3, -0.25) is 0 Å². The van der Waals surface area contributed by atoms with E-state index in [2.05, 4.69) is 185 Å². The van der Waals surface area contributed by atoms with Crippen molar-refractivity contribution in [3.05, 3.63) is 191 Å². The number of hydrogen-bond donors (Lipinski definition) is 0. The smallest absolute Gasteiger partial charge is 0.0158 e. The van der Waals surface area contributed by atoms with Crippen molar-refractivity contribution < 1.29 is 0 Å². The Morgan fingerprint density at radius 1 is 0.509 bits per heavy atom. The van der Waals surface area contributed by atoms with E-state index < -0.39 is 0 Å². The minimum Gasteiger partial charge on any atom is -0.0619 e. The van der Waals surface area contributed by atoms with Crippen LogP contribution in [0.25, 0.3) is 55.6 Å². The molecule has 53 heavy (non-hydrogen) atoms. The average molecular weight is 685 g/mol. The van der Waals surface area contributed by atoms with Crippen LogP contribution in [0.5, 0.6) is 0 Å². The zero-order valence-electron chi connectivity index (χ0n) is 31.5. The van der Waals surface area contributed by atoms with Gasteiger partial charge in [-0.25, -0.2) is 0 Å². The van der Waals surface area contributed by atoms with E-state index in [9.17, 15) is 0 Å². The van der Waals surface area contributed by atoms with Crippen molar-refractivity contribution in [3.63, 3.8) is 0 Å². The van der Waals surface area contributed by atoms with Crippen LogP contribution in [0.2, 0.25) is 0 Å². The molecule has 260 valence electrons. The fourth-order valence-electron chi connectivity index (χ4n) is 8.76. The van der Waals surface area contributed by atoms with Gasteiger partial charge in [0.1, 0.15) is 0 Å². The monoisotopic (exact) mass is 684 g/mol. The van der Waals surface area contributed by atoms with Crippen LogP contribution in [0.15, 0.2) is 158 Å². The molecule has 7 aromatic rings. The van der Waals surface area contributed by atoms with Gasteiger partial charge in [-0.1, -0.05) is 172 Å². The van der Waals surface area contributed by atoms with Crippen LogP contribution in [0.3, 0.4) is 0 Å². The third-order valence-corrected chi connectivity index (χ3v) is 12.3. The Bertz CT molecular complexity index is 2420. The minimum atomic E-state index is 0.0569. The molecular weight excluding hydrogens is 637 g/mol. The molecule has 0 amide bonds. The van der Waals surface area contributed by atoms with Crippen molar-refractivity contribution in [1.82, 2.24) is 0 Å². The van der Waals surface area contributed by atoms with Crippen molar-refractivity contribution in [3.8, 4) is 55.6 Å². The first-order chi connectivity index (χ1) is 25.8. The molecule has 0 heteroatoms. The van der Waals surface area contributed by atoms with Gasteiger partial charge >= 0.3 is 0 Å². The molecule has 0 nitrogen and oxygen atoms in total. The van der Waals surface area contributed by atoms with Crippen molar-refractivity contribution >= 4 is 0 Å². The van der Waals surface area contributed by atoms with Gasteiger partial charge in [-0.2, -0.15) is 0 Å². The van der Waals surface area contributed by atoms with E-state index in [0.29, 0.717) is 5.92 Å². The van der Waals surface area contributed by atoms with E-state index in [1.165, 1.54) is 102 Å². The van der Waals surface area contributed by atoms with E-state index in [-0.39, 0.29) is 5.41 Å². The van der Waals surface area contributed by atoms with Gasteiger partial charge in [-0.15, -0.1) is 0 Å². The van der Waals surface area contributed by atoms with Gasteiger partial charge in [0.2, 0.25) is 0 Å². The van der Waals surface area contributed by atoms with Crippen LogP contribution >= 0.6 is 0 Å². The molecule has 2 aliphatic rings. The molecule has 0 saturated heterocycles. The first-order valence-electron chi connectivity index (χ1n) is 19.6. The predicted octanol–water partition coefficient (Wildman–Crippen LogP) is 14.6. The first-order valence-corrected chi connectivity index (χ1v) is 19.6. The maximum Gasteiger partial charge on any atom is 0.0158 e. The molecule has 0 radical (unpaired) electrons. The summed E-state index contributed by atoms with van der Waals surface area (Å²) in [7, 11) is 0. The van der Waals surface area contributed by atoms with Gasteiger partial charge in [-0.05, 0) is 140 Å². The maximum atomic E-state index is 2.47. The van der Waals surface area contributed by atoms with Crippen LogP contribution in [0.4, 0.5) is 0 Å². The molecule has 7 aromatic carbocycles. The van der Waals surface area contributed by atoms with Gasteiger partial charge in [0, 0.05) is 5.41 Å². The highest BCUT2D eigenvalue weighted by Gasteiger charge is 2.35. The Labute approximate surface area is 316 Å². The number of rotatable bonds is 9. The molecule has 1 unspecified atom stereocenters. The zero-order valence-corrected chi connectivity index (χ0v) is 31.5. The zero-order chi connectivity index (χ0) is 36.1. The SMILES string of the molecule is Cc1ccc(-c2ccc(-c3ccc(-c4ccc(C(C)CCc5ccc6c(c5)C(C)(C)c5ccccc5-6)cc4)cc3)cc2)cc1-c1ccccc1C1CC1. The van der Waals surface area contributed by atoms with Crippen molar-refractivity contribution in [1.29, 1.82) is 0 Å². The Balaban J connectivity index is 0.851. The van der Waals surface area contributed by atoms with Crippen LogP contribution in [0, 0.1) is 6.92 Å². The maximum absolute atomic E-state index is 2.47. The molecule has 0 aromatic heterocycles. The Hall–Kier alpha value is -5.46. The largest absolute Gasteiger partial charge is 0.0619 e. The molecule has 1 atom stereocenters. The molecule has 0 heterocycles. The number of benzene rings is 7. The number of fused-ring (bicyclic) bond motifs is 3. The van der Waals surface area contributed by atoms with E-state index in [1.807, 2.05) is 0 Å². The second kappa shape index (κ2) is 13.5. The highest BCUT2D eigenvalue weighted by molar-refractivity contribution is 5.81. The normalized spacial score (nSPS) is 14.8. The van der Waals surface area contributed by atoms with Gasteiger partial charge in [0.15, 0.2) is 0 Å². The third kappa shape index (κ3) is 6.35. The molecule has 2 aliphatic carbocycles. The van der Waals surface area contributed by atoms with Gasteiger partial charge in [0.25, 0.3) is 0 Å². The number of hydrogen-bond acceptors (Lipinski definition) is 0. The van der Waals surface area contributed by atoms with Crippen LogP contribution in [-0.4, -0.2) is 0 Å². The van der Waals surface area contributed by atoms with Crippen molar-refractivity contribution in [2.24, 2.45) is 0 Å². The Morgan fingerprint density at radius 2 is 1.04 bits per heavy atom. The average Bonchev–Trinajstić information content (AvgIpc) is 4.03. The lowest BCUT2D eigenvalue weighted by Gasteiger charge is -2.22. The lowest BCUT2D eigenvalue weighted by molar-refractivity contribution is 0.653. The van der Waals surface area contributed by atoms with E-state index in [4.69, 9.17) is 0 Å². The highest BCUT2D eigenvalue weighted by atomic mass is 14.4. The Morgan fingerprint density at radius 3 is 1.68 bits per heavy atom. The van der Waals surface area contributed by atoms with Gasteiger partial charge < -0.3 is 0 Å². The Kier molecular flexibility index (Phi) is 8.51. The number of aryl methyl sites for hydroxylation is 2. The lowest BCUT2D eigenvalue weighted by atomic mass is 9.81. The fourth-order valence-corrected chi connectivity index (χ4v) is 8.76. The molecule has 9 rings (SSSR count). The summed E-state index contributed by atoms with van der Waals surface area (Å²) in [5.41, 5.74) is 21.8. The van der Waals surface area contributed by atoms with Crippen molar-refractivity contribution in [2.45, 2.75) is 70.6 Å². The summed E-state index contributed by atoms with van der Waals surface area (Å²) >= 11 is 0. The lowest BCUT2D eigenvalue weighted by Crippen LogP contribution is -2.15. The van der Waals surface area contributed by atoms with E-state index in [0.717, 1.165) is 18.8 Å². The highest BCUT2D eigenvalue weighted by Crippen LogP contribution is 2.49. The fraction of sp³-hybridized carbons (Fsp3) is 0.208. The summed E-state index contributed by atoms with van der Waals surface area (Å²) in [4.78, 5) is 0. The van der Waals surface area contributed by atoms with Crippen molar-refractivity contribution in [2.75, 3.05) is 0 Å². The predicted molar refractivity (Wildman–Crippen MR) is 226 cm³/mol. The van der Waals surface area contributed by atoms with Crippen LogP contribution < -0.4 is 0 Å². The second-order valence-electron chi connectivity index (χ2n) is 16.2. The minimum absolute atomic E-state index is 0.0569. The molecule has 0 spiro atoms. The van der Waals surface area contributed by atoms with Crippen LogP contribution in [-0.2, 0) is 11.8 Å². The molecular formula is C53H48. The van der Waals surface area contributed by atoms with E-state index in [1.54, 1.807) is 0 Å². The van der Waals surface area contributed by atoms with Crippen LogP contribution in [0.1, 0.15) is 85.3 Å². The summed E-state index contributed by atoms with van der Waals surface area (Å²) in [6.45, 7) is 9.34. The second-order valence-corrected chi connectivity index (χ2v) is 16.2.